The van der Waals surface area contributed by atoms with Gasteiger partial charge in [0.25, 0.3) is 0 Å². The minimum absolute atomic E-state index is 0.0601. The van der Waals surface area contributed by atoms with Gasteiger partial charge in [-0.05, 0) is 17.7 Å². The molecule has 94 valence electrons. The van der Waals surface area contributed by atoms with Crippen molar-refractivity contribution in [3.8, 4) is 0 Å². The van der Waals surface area contributed by atoms with Crippen molar-refractivity contribution < 1.29 is 22.0 Å². The molecule has 0 aliphatic carbocycles. The number of halogens is 2. The van der Waals surface area contributed by atoms with Crippen LogP contribution in [-0.2, 0) is 16.3 Å². The number of primary amides is 1. The molecule has 1 amide bonds. The molecule has 1 rings (SSSR count). The molecular weight excluding hydrogens is 252 g/mol. The predicted molar refractivity (Wildman–Crippen MR) is 57.7 cm³/mol. The second kappa shape index (κ2) is 4.79. The summed E-state index contributed by atoms with van der Waals surface area (Å²) in [5, 5.41) is 0. The molecule has 0 radical (unpaired) electrons. The zero-order chi connectivity index (χ0) is 13.2. The first-order valence-electron chi connectivity index (χ1n) is 4.65. The van der Waals surface area contributed by atoms with Gasteiger partial charge in [0.15, 0.2) is 9.84 Å². The van der Waals surface area contributed by atoms with Crippen LogP contribution in [0.15, 0.2) is 17.0 Å². The van der Waals surface area contributed by atoms with Crippen molar-refractivity contribution in [3.63, 3.8) is 0 Å². The Morgan fingerprint density at radius 1 is 1.41 bits per heavy atom. The summed E-state index contributed by atoms with van der Waals surface area (Å²) in [6.07, 6.45) is 0.615. The molecule has 0 fully saturated rings. The number of amides is 1. The van der Waals surface area contributed by atoms with Crippen molar-refractivity contribution in [3.05, 3.63) is 29.1 Å². The van der Waals surface area contributed by atoms with Crippen molar-refractivity contribution >= 4 is 15.7 Å². The number of nitrogens with two attached hydrogens (primary N) is 1. The quantitative estimate of drug-likeness (QED) is 0.874. The van der Waals surface area contributed by atoms with Crippen LogP contribution in [0, 0.1) is 5.82 Å². The third-order valence-electron chi connectivity index (χ3n) is 2.19. The predicted octanol–water partition coefficient (Wildman–Crippen LogP) is 0.840. The molecule has 0 bridgehead atoms. The topological polar surface area (TPSA) is 77.2 Å². The van der Waals surface area contributed by atoms with Crippen molar-refractivity contribution in [2.24, 2.45) is 5.73 Å². The Morgan fingerprint density at radius 2 is 2.00 bits per heavy atom. The van der Waals surface area contributed by atoms with E-state index in [1.807, 2.05) is 0 Å². The van der Waals surface area contributed by atoms with Gasteiger partial charge in [0.2, 0.25) is 5.91 Å². The number of sulfone groups is 1. The molecule has 0 saturated carbocycles. The van der Waals surface area contributed by atoms with Gasteiger partial charge in [0, 0.05) is 18.2 Å². The Bertz CT molecular complexity index is 555. The fourth-order valence-corrected chi connectivity index (χ4v) is 2.16. The summed E-state index contributed by atoms with van der Waals surface area (Å²) in [5.74, 6) is -1.93. The van der Waals surface area contributed by atoms with Crippen LogP contribution in [0.5, 0.6) is 0 Å². The van der Waals surface area contributed by atoms with E-state index in [0.717, 1.165) is 18.4 Å². The Labute approximate surface area is 97.3 Å². The molecule has 4 nitrogen and oxygen atoms in total. The lowest BCUT2D eigenvalue weighted by atomic mass is 10.0. The largest absolute Gasteiger partial charge is 0.366 e. The molecule has 0 saturated heterocycles. The van der Waals surface area contributed by atoms with E-state index in [9.17, 15) is 22.0 Å². The van der Waals surface area contributed by atoms with Gasteiger partial charge in [-0.2, -0.15) is 0 Å². The minimum Gasteiger partial charge on any atom is -0.366 e. The number of carbonyl (C=O) groups is 1. The smallest absolute Gasteiger partial charge is 0.249 e. The van der Waals surface area contributed by atoms with Crippen molar-refractivity contribution in [2.75, 3.05) is 12.9 Å². The zero-order valence-corrected chi connectivity index (χ0v) is 9.85. The van der Waals surface area contributed by atoms with Gasteiger partial charge in [0.1, 0.15) is 10.7 Å². The number of aryl methyl sites for hydroxylation is 1. The highest BCUT2D eigenvalue weighted by Gasteiger charge is 2.19. The first kappa shape index (κ1) is 13.6. The lowest BCUT2D eigenvalue weighted by Gasteiger charge is -2.08. The van der Waals surface area contributed by atoms with Gasteiger partial charge in [0.05, 0.1) is 6.67 Å². The summed E-state index contributed by atoms with van der Waals surface area (Å²) in [5.41, 5.74) is 4.91. The van der Waals surface area contributed by atoms with E-state index in [1.54, 1.807) is 0 Å². The monoisotopic (exact) mass is 263 g/mol. The highest BCUT2D eigenvalue weighted by atomic mass is 32.2. The Hall–Kier alpha value is -1.50. The van der Waals surface area contributed by atoms with Crippen LogP contribution in [0.25, 0.3) is 0 Å². The first-order valence-corrected chi connectivity index (χ1v) is 6.54. The molecule has 1 aromatic rings. The molecule has 0 heterocycles. The van der Waals surface area contributed by atoms with Gasteiger partial charge in [-0.3, -0.25) is 9.18 Å². The molecule has 17 heavy (non-hydrogen) atoms. The average Bonchev–Trinajstić information content (AvgIpc) is 2.15. The third-order valence-corrected chi connectivity index (χ3v) is 3.30. The third kappa shape index (κ3) is 3.00. The number of hydrogen-bond donors (Lipinski definition) is 1. The van der Waals surface area contributed by atoms with Crippen LogP contribution in [0.2, 0.25) is 0 Å². The van der Waals surface area contributed by atoms with Crippen LogP contribution in [-0.4, -0.2) is 27.3 Å². The molecule has 1 aromatic carbocycles. The lowest BCUT2D eigenvalue weighted by molar-refractivity contribution is 0.0999. The highest BCUT2D eigenvalue weighted by molar-refractivity contribution is 7.90. The van der Waals surface area contributed by atoms with Crippen LogP contribution in [0.3, 0.4) is 0 Å². The first-order chi connectivity index (χ1) is 7.77. The van der Waals surface area contributed by atoms with Crippen molar-refractivity contribution in [1.82, 2.24) is 0 Å². The number of alkyl halides is 1. The molecule has 0 unspecified atom stereocenters. The lowest BCUT2D eigenvalue weighted by Crippen LogP contribution is -2.16. The Kier molecular flexibility index (Phi) is 3.82. The number of carbonyl (C=O) groups excluding carboxylic acids is 1. The molecular formula is C10H11F2NO3S. The van der Waals surface area contributed by atoms with E-state index in [4.69, 9.17) is 5.73 Å². The van der Waals surface area contributed by atoms with Crippen LogP contribution in [0.1, 0.15) is 15.9 Å². The van der Waals surface area contributed by atoms with Gasteiger partial charge in [-0.25, -0.2) is 12.8 Å². The molecule has 7 heteroatoms. The molecule has 0 spiro atoms. The minimum atomic E-state index is -3.80. The van der Waals surface area contributed by atoms with E-state index in [2.05, 4.69) is 0 Å². The van der Waals surface area contributed by atoms with Crippen molar-refractivity contribution in [1.29, 1.82) is 0 Å². The fraction of sp³-hybridized carbons (Fsp3) is 0.300. The maximum absolute atomic E-state index is 13.5. The second-order valence-electron chi connectivity index (χ2n) is 3.52. The summed E-state index contributed by atoms with van der Waals surface area (Å²) >= 11 is 0. The molecule has 2 N–H and O–H groups in total. The van der Waals surface area contributed by atoms with E-state index >= 15 is 0 Å². The van der Waals surface area contributed by atoms with Crippen LogP contribution >= 0.6 is 0 Å². The SMILES string of the molecule is CS(=O)(=O)c1cc(C(N)=O)c(CCF)cc1F. The molecule has 0 aromatic heterocycles. The fourth-order valence-electron chi connectivity index (χ4n) is 1.42. The van der Waals surface area contributed by atoms with Gasteiger partial charge >= 0.3 is 0 Å². The van der Waals surface area contributed by atoms with Gasteiger partial charge in [-0.1, -0.05) is 0 Å². The zero-order valence-electron chi connectivity index (χ0n) is 9.04. The summed E-state index contributed by atoms with van der Waals surface area (Å²) in [4.78, 5) is 10.5. The summed E-state index contributed by atoms with van der Waals surface area (Å²) < 4.78 is 48.1. The number of hydrogen-bond acceptors (Lipinski definition) is 3. The van der Waals surface area contributed by atoms with Gasteiger partial charge in [-0.15, -0.1) is 0 Å². The highest BCUT2D eigenvalue weighted by Crippen LogP contribution is 2.20. The number of benzene rings is 1. The normalized spacial score (nSPS) is 11.5. The Balaban J connectivity index is 3.51. The molecule has 0 aliphatic heterocycles. The summed E-state index contributed by atoms with van der Waals surface area (Å²) in [6.45, 7) is -0.794. The van der Waals surface area contributed by atoms with Crippen LogP contribution in [0.4, 0.5) is 8.78 Å². The summed E-state index contributed by atoms with van der Waals surface area (Å²) in [6, 6.07) is 1.67. The van der Waals surface area contributed by atoms with E-state index in [-0.39, 0.29) is 17.5 Å². The van der Waals surface area contributed by atoms with E-state index < -0.39 is 33.1 Å². The number of rotatable bonds is 4. The average molecular weight is 263 g/mol. The molecule has 0 aliphatic rings. The maximum Gasteiger partial charge on any atom is 0.249 e. The second-order valence-corrected chi connectivity index (χ2v) is 5.50. The Morgan fingerprint density at radius 3 is 2.41 bits per heavy atom. The van der Waals surface area contributed by atoms with E-state index in [0.29, 0.717) is 0 Å². The van der Waals surface area contributed by atoms with E-state index in [1.165, 1.54) is 0 Å². The molecule has 0 atom stereocenters. The van der Waals surface area contributed by atoms with Crippen LogP contribution < -0.4 is 5.73 Å². The van der Waals surface area contributed by atoms with Crippen molar-refractivity contribution in [2.45, 2.75) is 11.3 Å². The maximum atomic E-state index is 13.5. The summed E-state index contributed by atoms with van der Waals surface area (Å²) in [7, 11) is -3.80. The standard InChI is InChI=1S/C10H11F2NO3S/c1-17(15,16)9-5-7(10(13)14)6(2-3-11)4-8(9)12/h4-5H,2-3H2,1H3,(H2,13,14). The van der Waals surface area contributed by atoms with Gasteiger partial charge < -0.3 is 5.73 Å².